The molecular formula is C16H24O2. The highest BCUT2D eigenvalue weighted by Crippen LogP contribution is 2.18. The van der Waals surface area contributed by atoms with Crippen LogP contribution in [0.15, 0.2) is 36.6 Å². The first kappa shape index (κ1) is 14.8. The van der Waals surface area contributed by atoms with Gasteiger partial charge in [0.2, 0.25) is 0 Å². The van der Waals surface area contributed by atoms with E-state index < -0.39 is 0 Å². The second-order valence-corrected chi connectivity index (χ2v) is 5.33. The minimum absolute atomic E-state index is 0.180. The van der Waals surface area contributed by atoms with Crippen LogP contribution in [0.2, 0.25) is 0 Å². The van der Waals surface area contributed by atoms with Crippen molar-refractivity contribution in [3.8, 4) is 0 Å². The van der Waals surface area contributed by atoms with Crippen molar-refractivity contribution in [2.75, 3.05) is 6.61 Å². The van der Waals surface area contributed by atoms with Gasteiger partial charge in [0.25, 0.3) is 0 Å². The summed E-state index contributed by atoms with van der Waals surface area (Å²) in [5.41, 5.74) is 2.29. The summed E-state index contributed by atoms with van der Waals surface area (Å²) in [5.74, 6) is 0.754. The van der Waals surface area contributed by atoms with E-state index in [1.54, 1.807) is 0 Å². The molecule has 18 heavy (non-hydrogen) atoms. The summed E-state index contributed by atoms with van der Waals surface area (Å²) in [6, 6.07) is 8.43. The molecule has 0 aliphatic heterocycles. The third-order valence-corrected chi connectivity index (χ3v) is 2.80. The van der Waals surface area contributed by atoms with Gasteiger partial charge in [-0.3, -0.25) is 0 Å². The van der Waals surface area contributed by atoms with Crippen molar-refractivity contribution in [1.82, 2.24) is 0 Å². The summed E-state index contributed by atoms with van der Waals surface area (Å²) in [5, 5.41) is 0. The van der Waals surface area contributed by atoms with E-state index in [4.69, 9.17) is 9.47 Å². The van der Waals surface area contributed by atoms with Gasteiger partial charge in [-0.05, 0) is 33.3 Å². The topological polar surface area (TPSA) is 18.5 Å². The van der Waals surface area contributed by atoms with Crippen molar-refractivity contribution >= 4 is 0 Å². The largest absolute Gasteiger partial charge is 0.499 e. The van der Waals surface area contributed by atoms with E-state index in [2.05, 4.69) is 51.6 Å². The van der Waals surface area contributed by atoms with Gasteiger partial charge >= 0.3 is 0 Å². The molecule has 1 aromatic carbocycles. The first-order valence-electron chi connectivity index (χ1n) is 6.37. The van der Waals surface area contributed by atoms with Gasteiger partial charge in [-0.25, -0.2) is 0 Å². The molecule has 0 fully saturated rings. The zero-order valence-electron chi connectivity index (χ0n) is 12.0. The van der Waals surface area contributed by atoms with E-state index >= 15 is 0 Å². The summed E-state index contributed by atoms with van der Waals surface area (Å²) in [4.78, 5) is 0. The molecule has 0 amide bonds. The Balaban J connectivity index is 2.36. The minimum atomic E-state index is -0.180. The first-order valence-corrected chi connectivity index (χ1v) is 6.37. The molecule has 1 aromatic rings. The van der Waals surface area contributed by atoms with Crippen LogP contribution in [-0.2, 0) is 16.1 Å². The van der Waals surface area contributed by atoms with Crippen LogP contribution in [0.5, 0.6) is 0 Å². The van der Waals surface area contributed by atoms with E-state index in [1.165, 1.54) is 11.1 Å². The number of allylic oxidation sites excluding steroid dienone is 1. The molecule has 0 N–H and O–H groups in total. The van der Waals surface area contributed by atoms with E-state index in [0.717, 1.165) is 12.2 Å². The molecule has 0 saturated heterocycles. The summed E-state index contributed by atoms with van der Waals surface area (Å²) in [6.45, 7) is 13.1. The molecule has 1 rings (SSSR count). The Morgan fingerprint density at radius 3 is 2.39 bits per heavy atom. The average molecular weight is 248 g/mol. The van der Waals surface area contributed by atoms with Crippen LogP contribution in [0.4, 0.5) is 0 Å². The highest BCUT2D eigenvalue weighted by atomic mass is 16.5. The Kier molecular flexibility index (Phi) is 5.42. The Labute approximate surface area is 111 Å². The number of rotatable bonds is 7. The van der Waals surface area contributed by atoms with Gasteiger partial charge in [-0.2, -0.15) is 0 Å². The minimum Gasteiger partial charge on any atom is -0.499 e. The van der Waals surface area contributed by atoms with Crippen LogP contribution in [-0.4, -0.2) is 12.2 Å². The van der Waals surface area contributed by atoms with Crippen LogP contribution < -0.4 is 0 Å². The first-order chi connectivity index (χ1) is 8.39. The quantitative estimate of drug-likeness (QED) is 0.672. The van der Waals surface area contributed by atoms with Crippen LogP contribution in [0, 0.1) is 6.92 Å². The molecule has 0 heterocycles. The van der Waals surface area contributed by atoms with E-state index in [-0.39, 0.29) is 5.60 Å². The van der Waals surface area contributed by atoms with Gasteiger partial charge in [0.1, 0.15) is 0 Å². The Morgan fingerprint density at radius 1 is 1.22 bits per heavy atom. The maximum Gasteiger partial charge on any atom is 0.0904 e. The maximum atomic E-state index is 5.93. The van der Waals surface area contributed by atoms with E-state index in [0.29, 0.717) is 13.2 Å². The monoisotopic (exact) mass is 248 g/mol. The van der Waals surface area contributed by atoms with Crippen molar-refractivity contribution in [2.24, 2.45) is 0 Å². The molecule has 0 spiro atoms. The smallest absolute Gasteiger partial charge is 0.0904 e. The standard InChI is InChI=1S/C16H24O2/c1-13(2)17-11-10-16(4,5)18-12-15-8-6-14(3)7-9-15/h6-9H,1,10-12H2,2-5H3. The molecule has 0 aliphatic carbocycles. The van der Waals surface area contributed by atoms with Crippen LogP contribution in [0.25, 0.3) is 0 Å². The predicted octanol–water partition coefficient (Wildman–Crippen LogP) is 4.23. The Hall–Kier alpha value is -1.28. The normalized spacial score (nSPS) is 11.3. The maximum absolute atomic E-state index is 5.93. The average Bonchev–Trinajstić information content (AvgIpc) is 2.27. The molecule has 0 radical (unpaired) electrons. The van der Waals surface area contributed by atoms with Gasteiger partial charge in [0, 0.05) is 6.42 Å². The van der Waals surface area contributed by atoms with E-state index in [9.17, 15) is 0 Å². The zero-order valence-corrected chi connectivity index (χ0v) is 12.0. The van der Waals surface area contributed by atoms with Crippen LogP contribution in [0.1, 0.15) is 38.3 Å². The number of ether oxygens (including phenoxy) is 2. The molecule has 0 unspecified atom stereocenters. The summed E-state index contributed by atoms with van der Waals surface area (Å²) < 4.78 is 11.3. The van der Waals surface area contributed by atoms with Gasteiger partial charge in [-0.15, -0.1) is 0 Å². The second kappa shape index (κ2) is 6.60. The lowest BCUT2D eigenvalue weighted by molar-refractivity contribution is -0.0457. The SMILES string of the molecule is C=C(C)OCCC(C)(C)OCc1ccc(C)cc1. The highest BCUT2D eigenvalue weighted by molar-refractivity contribution is 5.20. The van der Waals surface area contributed by atoms with Gasteiger partial charge in [-0.1, -0.05) is 36.4 Å². The lowest BCUT2D eigenvalue weighted by atomic mass is 10.1. The molecular weight excluding hydrogens is 224 g/mol. The molecule has 0 saturated carbocycles. The molecule has 0 aliphatic rings. The molecule has 2 heteroatoms. The number of aryl methyl sites for hydroxylation is 1. The lowest BCUT2D eigenvalue weighted by Gasteiger charge is -2.25. The molecule has 0 aromatic heterocycles. The summed E-state index contributed by atoms with van der Waals surface area (Å²) in [7, 11) is 0. The molecule has 0 atom stereocenters. The summed E-state index contributed by atoms with van der Waals surface area (Å²) in [6.07, 6.45) is 0.853. The highest BCUT2D eigenvalue weighted by Gasteiger charge is 2.18. The fourth-order valence-electron chi connectivity index (χ4n) is 1.51. The zero-order chi connectivity index (χ0) is 13.6. The van der Waals surface area contributed by atoms with Crippen molar-refractivity contribution in [3.05, 3.63) is 47.7 Å². The van der Waals surface area contributed by atoms with Gasteiger partial charge in [0.05, 0.1) is 24.6 Å². The molecule has 2 nitrogen and oxygen atoms in total. The summed E-state index contributed by atoms with van der Waals surface area (Å²) >= 11 is 0. The van der Waals surface area contributed by atoms with E-state index in [1.807, 2.05) is 6.92 Å². The number of hydrogen-bond donors (Lipinski definition) is 0. The van der Waals surface area contributed by atoms with Crippen molar-refractivity contribution in [3.63, 3.8) is 0 Å². The van der Waals surface area contributed by atoms with Crippen LogP contribution >= 0.6 is 0 Å². The second-order valence-electron chi connectivity index (χ2n) is 5.33. The van der Waals surface area contributed by atoms with Gasteiger partial charge in [0.15, 0.2) is 0 Å². The lowest BCUT2D eigenvalue weighted by Crippen LogP contribution is -2.26. The fourth-order valence-corrected chi connectivity index (χ4v) is 1.51. The fraction of sp³-hybridized carbons (Fsp3) is 0.500. The van der Waals surface area contributed by atoms with Crippen molar-refractivity contribution in [2.45, 2.75) is 46.3 Å². The number of hydrogen-bond acceptors (Lipinski definition) is 2. The third-order valence-electron chi connectivity index (χ3n) is 2.80. The molecule has 0 bridgehead atoms. The van der Waals surface area contributed by atoms with Crippen LogP contribution in [0.3, 0.4) is 0 Å². The third kappa shape index (κ3) is 5.87. The van der Waals surface area contributed by atoms with Crippen molar-refractivity contribution in [1.29, 1.82) is 0 Å². The molecule has 100 valence electrons. The Bertz CT molecular complexity index is 377. The van der Waals surface area contributed by atoms with Crippen molar-refractivity contribution < 1.29 is 9.47 Å². The number of benzene rings is 1. The Morgan fingerprint density at radius 2 is 1.83 bits per heavy atom. The van der Waals surface area contributed by atoms with Gasteiger partial charge < -0.3 is 9.47 Å². The predicted molar refractivity (Wildman–Crippen MR) is 75.4 cm³/mol.